The molecule has 0 spiro atoms. The first kappa shape index (κ1) is 15.0. The van der Waals surface area contributed by atoms with Crippen molar-refractivity contribution < 1.29 is 9.59 Å². The topological polar surface area (TPSA) is 49.4 Å². The molecular formula is C17H28N2O2. The number of carbonyl (C=O) groups excluding carboxylic acids is 2. The van der Waals surface area contributed by atoms with Gasteiger partial charge < -0.3 is 5.32 Å². The van der Waals surface area contributed by atoms with Gasteiger partial charge in [-0.3, -0.25) is 14.5 Å². The van der Waals surface area contributed by atoms with Crippen LogP contribution in [0.25, 0.3) is 0 Å². The molecule has 0 aromatic rings. The van der Waals surface area contributed by atoms with E-state index in [1.165, 1.54) is 19.3 Å². The van der Waals surface area contributed by atoms with E-state index in [1.807, 2.05) is 0 Å². The Morgan fingerprint density at radius 3 is 2.43 bits per heavy atom. The van der Waals surface area contributed by atoms with Gasteiger partial charge in [-0.25, -0.2) is 0 Å². The Hall–Kier alpha value is -0.900. The van der Waals surface area contributed by atoms with Crippen LogP contribution in [-0.2, 0) is 9.59 Å². The van der Waals surface area contributed by atoms with Crippen LogP contribution in [0, 0.1) is 23.7 Å². The standard InChI is InChI=1S/C17H28N2O2/c1-3-18-15-6-4-5-12(15)7-8-19-16(20)13-9-11(2)10-14(13)17(19)21/h11-15,18H,3-10H2,1-2H3. The number of carbonyl (C=O) groups is 2. The molecule has 21 heavy (non-hydrogen) atoms. The molecule has 118 valence electrons. The van der Waals surface area contributed by atoms with E-state index in [2.05, 4.69) is 19.2 Å². The smallest absolute Gasteiger partial charge is 0.233 e. The van der Waals surface area contributed by atoms with Crippen molar-refractivity contribution in [2.45, 2.75) is 58.4 Å². The fraction of sp³-hybridized carbons (Fsp3) is 0.882. The molecule has 2 aliphatic carbocycles. The maximum Gasteiger partial charge on any atom is 0.233 e. The molecule has 0 aromatic carbocycles. The minimum Gasteiger partial charge on any atom is -0.314 e. The van der Waals surface area contributed by atoms with Crippen LogP contribution >= 0.6 is 0 Å². The maximum atomic E-state index is 12.4. The molecule has 1 aliphatic heterocycles. The van der Waals surface area contributed by atoms with Crippen molar-refractivity contribution >= 4 is 11.8 Å². The molecule has 3 fully saturated rings. The minimum absolute atomic E-state index is 0.000594. The van der Waals surface area contributed by atoms with Crippen molar-refractivity contribution in [1.82, 2.24) is 10.2 Å². The van der Waals surface area contributed by atoms with Crippen molar-refractivity contribution in [3.63, 3.8) is 0 Å². The van der Waals surface area contributed by atoms with Gasteiger partial charge in [-0.2, -0.15) is 0 Å². The zero-order chi connectivity index (χ0) is 15.0. The summed E-state index contributed by atoms with van der Waals surface area (Å²) >= 11 is 0. The minimum atomic E-state index is 0.000594. The molecule has 1 N–H and O–H groups in total. The largest absolute Gasteiger partial charge is 0.314 e. The number of fused-ring (bicyclic) bond motifs is 1. The number of imide groups is 1. The van der Waals surface area contributed by atoms with Crippen molar-refractivity contribution in [3.05, 3.63) is 0 Å². The Kier molecular flexibility index (Phi) is 4.34. The summed E-state index contributed by atoms with van der Waals surface area (Å²) in [5.41, 5.74) is 0. The predicted molar refractivity (Wildman–Crippen MR) is 81.5 cm³/mol. The Labute approximate surface area is 127 Å². The van der Waals surface area contributed by atoms with Gasteiger partial charge in [0, 0.05) is 12.6 Å². The van der Waals surface area contributed by atoms with Gasteiger partial charge in [-0.1, -0.05) is 20.3 Å². The lowest BCUT2D eigenvalue weighted by Gasteiger charge is -2.23. The number of hydrogen-bond donors (Lipinski definition) is 1. The first-order chi connectivity index (χ1) is 10.1. The van der Waals surface area contributed by atoms with Crippen molar-refractivity contribution in [3.8, 4) is 0 Å². The second kappa shape index (κ2) is 6.07. The molecule has 4 unspecified atom stereocenters. The van der Waals surface area contributed by atoms with Gasteiger partial charge in [-0.05, 0) is 50.5 Å². The SMILES string of the molecule is CCNC1CCCC1CCN1C(=O)C2CC(C)CC2C1=O. The molecule has 3 aliphatic rings. The third-order valence-corrected chi connectivity index (χ3v) is 5.81. The second-order valence-corrected chi connectivity index (χ2v) is 7.26. The molecule has 2 amide bonds. The predicted octanol–water partition coefficient (Wildman–Crippen LogP) is 2.19. The van der Waals surface area contributed by atoms with Gasteiger partial charge in [0.25, 0.3) is 0 Å². The molecule has 0 radical (unpaired) electrons. The third kappa shape index (κ3) is 2.75. The van der Waals surface area contributed by atoms with Crippen LogP contribution in [0.3, 0.4) is 0 Å². The average molecular weight is 292 g/mol. The molecule has 4 nitrogen and oxygen atoms in total. The third-order valence-electron chi connectivity index (χ3n) is 5.81. The van der Waals surface area contributed by atoms with Gasteiger partial charge >= 0.3 is 0 Å². The maximum absolute atomic E-state index is 12.4. The number of likely N-dealkylation sites (tertiary alicyclic amines) is 1. The molecule has 1 heterocycles. The summed E-state index contributed by atoms with van der Waals surface area (Å²) in [7, 11) is 0. The molecule has 4 heteroatoms. The Morgan fingerprint density at radius 2 is 1.81 bits per heavy atom. The van der Waals surface area contributed by atoms with Crippen molar-refractivity contribution in [2.24, 2.45) is 23.7 Å². The zero-order valence-corrected chi connectivity index (χ0v) is 13.3. The van der Waals surface area contributed by atoms with E-state index in [-0.39, 0.29) is 23.7 Å². The highest BCUT2D eigenvalue weighted by Crippen LogP contribution is 2.43. The van der Waals surface area contributed by atoms with Crippen LogP contribution in [0.2, 0.25) is 0 Å². The van der Waals surface area contributed by atoms with Crippen LogP contribution in [-0.4, -0.2) is 35.8 Å². The Morgan fingerprint density at radius 1 is 1.14 bits per heavy atom. The number of rotatable bonds is 5. The van der Waals surface area contributed by atoms with E-state index in [4.69, 9.17) is 0 Å². The van der Waals surface area contributed by atoms with Gasteiger partial charge in [-0.15, -0.1) is 0 Å². The summed E-state index contributed by atoms with van der Waals surface area (Å²) in [6, 6.07) is 0.585. The average Bonchev–Trinajstić information content (AvgIpc) is 3.10. The lowest BCUT2D eigenvalue weighted by molar-refractivity contribution is -0.140. The van der Waals surface area contributed by atoms with Crippen LogP contribution < -0.4 is 5.32 Å². The Bertz CT molecular complexity index is 399. The zero-order valence-electron chi connectivity index (χ0n) is 13.3. The summed E-state index contributed by atoms with van der Waals surface area (Å²) in [5, 5.41) is 3.55. The molecule has 0 aromatic heterocycles. The van der Waals surface area contributed by atoms with Crippen molar-refractivity contribution in [1.29, 1.82) is 0 Å². The van der Waals surface area contributed by atoms with Crippen molar-refractivity contribution in [2.75, 3.05) is 13.1 Å². The van der Waals surface area contributed by atoms with E-state index < -0.39 is 0 Å². The second-order valence-electron chi connectivity index (χ2n) is 7.26. The fourth-order valence-corrected chi connectivity index (χ4v) is 4.78. The lowest BCUT2D eigenvalue weighted by Crippen LogP contribution is -2.37. The van der Waals surface area contributed by atoms with E-state index in [1.54, 1.807) is 4.90 Å². The summed E-state index contributed by atoms with van der Waals surface area (Å²) < 4.78 is 0. The molecule has 2 saturated carbocycles. The highest BCUT2D eigenvalue weighted by molar-refractivity contribution is 6.05. The van der Waals surface area contributed by atoms with Crippen LogP contribution in [0.5, 0.6) is 0 Å². The summed E-state index contributed by atoms with van der Waals surface area (Å²) in [6.45, 7) is 5.95. The quantitative estimate of drug-likeness (QED) is 0.790. The Balaban J connectivity index is 1.56. The highest BCUT2D eigenvalue weighted by atomic mass is 16.2. The molecule has 0 bridgehead atoms. The number of amides is 2. The van der Waals surface area contributed by atoms with Gasteiger partial charge in [0.1, 0.15) is 0 Å². The molecular weight excluding hydrogens is 264 g/mol. The van der Waals surface area contributed by atoms with E-state index in [0.29, 0.717) is 24.4 Å². The molecule has 1 saturated heterocycles. The summed E-state index contributed by atoms with van der Waals surface area (Å²) in [6.07, 6.45) is 6.54. The number of hydrogen-bond acceptors (Lipinski definition) is 3. The van der Waals surface area contributed by atoms with Gasteiger partial charge in [0.2, 0.25) is 11.8 Å². The number of nitrogens with zero attached hydrogens (tertiary/aromatic N) is 1. The number of nitrogens with one attached hydrogen (secondary N) is 1. The van der Waals surface area contributed by atoms with E-state index in [0.717, 1.165) is 25.8 Å². The fourth-order valence-electron chi connectivity index (χ4n) is 4.78. The summed E-state index contributed by atoms with van der Waals surface area (Å²) in [4.78, 5) is 26.5. The first-order valence-corrected chi connectivity index (χ1v) is 8.70. The first-order valence-electron chi connectivity index (χ1n) is 8.70. The summed E-state index contributed by atoms with van der Waals surface area (Å²) in [5.74, 6) is 1.40. The van der Waals surface area contributed by atoms with Crippen LogP contribution in [0.4, 0.5) is 0 Å². The van der Waals surface area contributed by atoms with E-state index in [9.17, 15) is 9.59 Å². The van der Waals surface area contributed by atoms with Gasteiger partial charge in [0.15, 0.2) is 0 Å². The van der Waals surface area contributed by atoms with Crippen LogP contribution in [0.1, 0.15) is 52.4 Å². The molecule has 3 rings (SSSR count). The van der Waals surface area contributed by atoms with Crippen LogP contribution in [0.15, 0.2) is 0 Å². The van der Waals surface area contributed by atoms with Gasteiger partial charge in [0.05, 0.1) is 11.8 Å². The monoisotopic (exact) mass is 292 g/mol. The molecule has 4 atom stereocenters. The van der Waals surface area contributed by atoms with E-state index >= 15 is 0 Å². The lowest BCUT2D eigenvalue weighted by atomic mass is 9.99. The normalized spacial score (nSPS) is 39.3. The highest BCUT2D eigenvalue weighted by Gasteiger charge is 2.51.